The van der Waals surface area contributed by atoms with Crippen LogP contribution >= 0.6 is 0 Å². The van der Waals surface area contributed by atoms with Gasteiger partial charge in [0.25, 0.3) is 0 Å². The first kappa shape index (κ1) is 17.1. The minimum absolute atomic E-state index is 0.0831. The van der Waals surface area contributed by atoms with Gasteiger partial charge >= 0.3 is 0 Å². The molecule has 0 spiro atoms. The molecule has 1 aliphatic carbocycles. The zero-order chi connectivity index (χ0) is 17.2. The topological polar surface area (TPSA) is 57.7 Å². The van der Waals surface area contributed by atoms with E-state index in [1.54, 1.807) is 4.90 Å². The molecule has 1 fully saturated rings. The van der Waals surface area contributed by atoms with Crippen LogP contribution < -0.4 is 0 Å². The number of hydrogen-bond acceptors (Lipinski definition) is 3. The number of piperazine rings is 1. The van der Waals surface area contributed by atoms with Gasteiger partial charge < -0.3 is 4.90 Å². The monoisotopic (exact) mass is 352 g/mol. The molecule has 1 amide bonds. The number of nitrogens with zero attached hydrogens (tertiary/aromatic N) is 2. The molecule has 1 heterocycles. The Hall–Kier alpha value is -1.73. The molecule has 0 unspecified atom stereocenters. The van der Waals surface area contributed by atoms with Crippen molar-refractivity contribution in [3.8, 4) is 0 Å². The predicted molar refractivity (Wildman–Crippen MR) is 88.2 cm³/mol. The molecule has 1 saturated heterocycles. The molecule has 1 aliphatic heterocycles. The fourth-order valence-electron chi connectivity index (χ4n) is 3.15. The number of hydrogen-bond donors (Lipinski definition) is 0. The van der Waals surface area contributed by atoms with Crippen LogP contribution in [0.5, 0.6) is 0 Å². The Kier molecular flexibility index (Phi) is 5.01. The van der Waals surface area contributed by atoms with Crippen molar-refractivity contribution in [3.63, 3.8) is 0 Å². The Morgan fingerprint density at radius 1 is 1.12 bits per heavy atom. The van der Waals surface area contributed by atoms with E-state index in [4.69, 9.17) is 0 Å². The Morgan fingerprint density at radius 2 is 1.79 bits per heavy atom. The van der Waals surface area contributed by atoms with Crippen LogP contribution in [-0.2, 0) is 14.8 Å². The van der Waals surface area contributed by atoms with E-state index in [1.807, 2.05) is 0 Å². The summed E-state index contributed by atoms with van der Waals surface area (Å²) in [7, 11) is -3.63. The summed E-state index contributed by atoms with van der Waals surface area (Å²) in [5, 5.41) is 0. The van der Waals surface area contributed by atoms with Crippen LogP contribution in [0.4, 0.5) is 4.39 Å². The van der Waals surface area contributed by atoms with Crippen LogP contribution in [0, 0.1) is 11.7 Å². The third kappa shape index (κ3) is 3.67. The van der Waals surface area contributed by atoms with Crippen LogP contribution in [0.1, 0.15) is 19.3 Å². The van der Waals surface area contributed by atoms with Gasteiger partial charge in [-0.3, -0.25) is 4.79 Å². The molecule has 1 atom stereocenters. The van der Waals surface area contributed by atoms with Gasteiger partial charge in [0, 0.05) is 32.6 Å². The number of halogens is 1. The van der Waals surface area contributed by atoms with Gasteiger partial charge in [0.2, 0.25) is 15.9 Å². The second-order valence-corrected chi connectivity index (χ2v) is 8.15. The van der Waals surface area contributed by atoms with Gasteiger partial charge in [-0.15, -0.1) is 0 Å². The van der Waals surface area contributed by atoms with Crippen molar-refractivity contribution in [1.29, 1.82) is 0 Å². The van der Waals surface area contributed by atoms with Crippen LogP contribution in [0.2, 0.25) is 0 Å². The maximum Gasteiger partial charge on any atom is 0.243 e. The zero-order valence-electron chi connectivity index (χ0n) is 13.4. The molecule has 7 heteroatoms. The van der Waals surface area contributed by atoms with E-state index in [2.05, 4.69) is 12.2 Å². The molecule has 130 valence electrons. The lowest BCUT2D eigenvalue weighted by atomic mass is 10.0. The summed E-state index contributed by atoms with van der Waals surface area (Å²) in [6, 6.07) is 4.83. The van der Waals surface area contributed by atoms with Gasteiger partial charge in [0.05, 0.1) is 4.90 Å². The Bertz CT molecular complexity index is 723. The minimum atomic E-state index is -3.63. The molecule has 0 radical (unpaired) electrons. The number of sulfonamides is 1. The maximum atomic E-state index is 13.0. The smallest absolute Gasteiger partial charge is 0.243 e. The summed E-state index contributed by atoms with van der Waals surface area (Å²) in [4.78, 5) is 14.1. The molecule has 0 N–H and O–H groups in total. The van der Waals surface area contributed by atoms with Crippen molar-refractivity contribution in [1.82, 2.24) is 9.21 Å². The highest BCUT2D eigenvalue weighted by molar-refractivity contribution is 7.89. The second kappa shape index (κ2) is 7.03. The first-order valence-electron chi connectivity index (χ1n) is 8.17. The molecule has 1 aromatic carbocycles. The Labute approximate surface area is 141 Å². The van der Waals surface area contributed by atoms with Crippen molar-refractivity contribution in [2.75, 3.05) is 26.2 Å². The number of allylic oxidation sites excluding steroid dienone is 2. The number of carbonyl (C=O) groups is 1. The molecular formula is C17H21FN2O3S. The first-order valence-corrected chi connectivity index (χ1v) is 9.61. The molecule has 2 aliphatic rings. The van der Waals surface area contributed by atoms with Gasteiger partial charge in [-0.2, -0.15) is 4.31 Å². The molecule has 24 heavy (non-hydrogen) atoms. The van der Waals surface area contributed by atoms with Crippen molar-refractivity contribution in [2.24, 2.45) is 5.92 Å². The van der Waals surface area contributed by atoms with Crippen molar-refractivity contribution >= 4 is 15.9 Å². The molecule has 0 bridgehead atoms. The summed E-state index contributed by atoms with van der Waals surface area (Å²) >= 11 is 0. The van der Waals surface area contributed by atoms with E-state index in [1.165, 1.54) is 16.4 Å². The second-order valence-electron chi connectivity index (χ2n) is 6.21. The minimum Gasteiger partial charge on any atom is -0.340 e. The lowest BCUT2D eigenvalue weighted by Gasteiger charge is -2.34. The van der Waals surface area contributed by atoms with E-state index in [0.29, 0.717) is 25.4 Å². The largest absolute Gasteiger partial charge is 0.340 e. The Morgan fingerprint density at radius 3 is 2.38 bits per heavy atom. The highest BCUT2D eigenvalue weighted by Gasteiger charge is 2.30. The van der Waals surface area contributed by atoms with Crippen LogP contribution in [0.25, 0.3) is 0 Å². The summed E-state index contributed by atoms with van der Waals surface area (Å²) in [5.74, 6) is -0.0609. The molecule has 0 saturated carbocycles. The van der Waals surface area contributed by atoms with E-state index >= 15 is 0 Å². The van der Waals surface area contributed by atoms with E-state index in [9.17, 15) is 17.6 Å². The van der Waals surface area contributed by atoms with Crippen molar-refractivity contribution in [2.45, 2.75) is 24.2 Å². The number of rotatable bonds is 4. The summed E-state index contributed by atoms with van der Waals surface area (Å²) < 4.78 is 39.4. The van der Waals surface area contributed by atoms with Crippen LogP contribution in [-0.4, -0.2) is 49.7 Å². The first-order chi connectivity index (χ1) is 11.5. The molecule has 3 rings (SSSR count). The fraction of sp³-hybridized carbons (Fsp3) is 0.471. The van der Waals surface area contributed by atoms with Crippen molar-refractivity contribution in [3.05, 3.63) is 42.2 Å². The summed E-state index contributed by atoms with van der Waals surface area (Å²) in [6.07, 6.45) is 6.74. The van der Waals surface area contributed by atoms with Crippen LogP contribution in [0.3, 0.4) is 0 Å². The number of benzene rings is 1. The van der Waals surface area contributed by atoms with Crippen LogP contribution in [0.15, 0.2) is 41.3 Å². The fourth-order valence-corrected chi connectivity index (χ4v) is 4.57. The van der Waals surface area contributed by atoms with E-state index < -0.39 is 15.8 Å². The Balaban J connectivity index is 1.58. The third-order valence-electron chi connectivity index (χ3n) is 4.59. The lowest BCUT2D eigenvalue weighted by molar-refractivity contribution is -0.133. The standard InChI is InChI=1S/C17H21FN2O3S/c18-15-5-7-16(8-6-15)24(22,23)20-11-9-19(10-12-20)17(21)13-14-3-1-2-4-14/h1,3,5-8,14H,2,4,9-13H2/t14-/m0/s1. The SMILES string of the molecule is O=C(C[C@H]1C=CCC1)N1CCN(S(=O)(=O)c2ccc(F)cc2)CC1. The quantitative estimate of drug-likeness (QED) is 0.779. The molecule has 0 aromatic heterocycles. The molecular weight excluding hydrogens is 331 g/mol. The van der Waals surface area contributed by atoms with E-state index in [0.717, 1.165) is 25.0 Å². The third-order valence-corrected chi connectivity index (χ3v) is 6.50. The van der Waals surface area contributed by atoms with Gasteiger partial charge in [-0.25, -0.2) is 12.8 Å². The number of carbonyl (C=O) groups excluding carboxylic acids is 1. The van der Waals surface area contributed by atoms with E-state index in [-0.39, 0.29) is 23.9 Å². The van der Waals surface area contributed by atoms with Crippen molar-refractivity contribution < 1.29 is 17.6 Å². The van der Waals surface area contributed by atoms with Gasteiger partial charge in [-0.1, -0.05) is 12.2 Å². The normalized spacial score (nSPS) is 22.0. The highest BCUT2D eigenvalue weighted by Crippen LogP contribution is 2.22. The summed E-state index contributed by atoms with van der Waals surface area (Å²) in [5.41, 5.74) is 0. The summed E-state index contributed by atoms with van der Waals surface area (Å²) in [6.45, 7) is 1.34. The highest BCUT2D eigenvalue weighted by atomic mass is 32.2. The average Bonchev–Trinajstić information content (AvgIpc) is 3.08. The van der Waals surface area contributed by atoms with Gasteiger partial charge in [0.1, 0.15) is 5.82 Å². The maximum absolute atomic E-state index is 13.0. The predicted octanol–water partition coefficient (Wildman–Crippen LogP) is 2.01. The average molecular weight is 352 g/mol. The number of amides is 1. The lowest BCUT2D eigenvalue weighted by Crippen LogP contribution is -2.50. The van der Waals surface area contributed by atoms with Gasteiger partial charge in [0.15, 0.2) is 0 Å². The van der Waals surface area contributed by atoms with Gasteiger partial charge in [-0.05, 0) is 43.0 Å². The zero-order valence-corrected chi connectivity index (χ0v) is 14.2. The molecule has 5 nitrogen and oxygen atoms in total. The molecule has 1 aromatic rings.